The molecule has 0 spiro atoms. The van der Waals surface area contributed by atoms with E-state index in [1.807, 2.05) is 12.1 Å². The number of hydrogen-bond donors (Lipinski definition) is 3. The summed E-state index contributed by atoms with van der Waals surface area (Å²) in [6.45, 7) is 0.522. The molecule has 140 valence electrons. The van der Waals surface area contributed by atoms with Gasteiger partial charge in [0.25, 0.3) is 5.91 Å². The molecule has 8 nitrogen and oxygen atoms in total. The Hall–Kier alpha value is -2.85. The van der Waals surface area contributed by atoms with Crippen molar-refractivity contribution in [1.29, 1.82) is 0 Å². The zero-order valence-corrected chi connectivity index (χ0v) is 16.0. The number of carbonyl (C=O) groups excluding carboxylic acids is 2. The highest BCUT2D eigenvalue weighted by atomic mass is 32.2. The molecule has 2 amide bonds. The maximum atomic E-state index is 12.1. The van der Waals surface area contributed by atoms with E-state index in [2.05, 4.69) is 26.1 Å². The molecule has 0 fully saturated rings. The Balaban J connectivity index is 1.47. The van der Waals surface area contributed by atoms with Crippen molar-refractivity contribution in [2.75, 3.05) is 23.4 Å². The number of rotatable bonds is 8. The second-order valence-electron chi connectivity index (χ2n) is 5.30. The third-order valence-electron chi connectivity index (χ3n) is 3.36. The highest BCUT2D eigenvalue weighted by Crippen LogP contribution is 2.26. The second-order valence-corrected chi connectivity index (χ2v) is 7.50. The van der Waals surface area contributed by atoms with Crippen LogP contribution in [0.15, 0.2) is 51.4 Å². The fraction of sp³-hybridized carbons (Fsp3) is 0.176. The average Bonchev–Trinajstić information content (AvgIpc) is 3.36. The summed E-state index contributed by atoms with van der Waals surface area (Å²) in [7, 11) is 1.56. The first kappa shape index (κ1) is 18.9. The largest absolute Gasteiger partial charge is 0.467 e. The van der Waals surface area contributed by atoms with E-state index in [4.69, 9.17) is 4.42 Å². The van der Waals surface area contributed by atoms with Crippen molar-refractivity contribution in [1.82, 2.24) is 15.5 Å². The minimum atomic E-state index is -0.205. The Morgan fingerprint density at radius 2 is 2.11 bits per heavy atom. The van der Waals surface area contributed by atoms with Crippen LogP contribution >= 0.6 is 23.1 Å². The smallest absolute Gasteiger partial charge is 0.251 e. The van der Waals surface area contributed by atoms with Crippen LogP contribution in [0.3, 0.4) is 0 Å². The van der Waals surface area contributed by atoms with E-state index in [0.29, 0.717) is 27.3 Å². The van der Waals surface area contributed by atoms with Crippen molar-refractivity contribution >= 4 is 45.7 Å². The maximum absolute atomic E-state index is 12.1. The van der Waals surface area contributed by atoms with Gasteiger partial charge in [-0.25, -0.2) is 0 Å². The van der Waals surface area contributed by atoms with E-state index >= 15 is 0 Å². The number of amides is 2. The molecule has 0 radical (unpaired) electrons. The van der Waals surface area contributed by atoms with E-state index < -0.39 is 0 Å². The Morgan fingerprint density at radius 1 is 1.22 bits per heavy atom. The van der Waals surface area contributed by atoms with E-state index in [1.54, 1.807) is 37.6 Å². The van der Waals surface area contributed by atoms with Crippen LogP contribution < -0.4 is 16.0 Å². The predicted molar refractivity (Wildman–Crippen MR) is 105 cm³/mol. The standard InChI is InChI=1S/C17H17N5O3S2/c1-18-15(24)11-4-2-5-12(8-11)20-14(23)10-26-17-22-21-16(27-17)19-9-13-6-3-7-25-13/h2-8H,9-10H2,1H3,(H,18,24)(H,19,21)(H,20,23). The maximum Gasteiger partial charge on any atom is 0.251 e. The van der Waals surface area contributed by atoms with Crippen molar-refractivity contribution in [3.63, 3.8) is 0 Å². The van der Waals surface area contributed by atoms with Crippen molar-refractivity contribution in [3.05, 3.63) is 54.0 Å². The summed E-state index contributed by atoms with van der Waals surface area (Å²) in [5.41, 5.74) is 1.05. The highest BCUT2D eigenvalue weighted by molar-refractivity contribution is 8.01. The number of nitrogens with zero attached hydrogens (tertiary/aromatic N) is 2. The van der Waals surface area contributed by atoms with Gasteiger partial charge in [0, 0.05) is 18.3 Å². The highest BCUT2D eigenvalue weighted by Gasteiger charge is 2.10. The monoisotopic (exact) mass is 403 g/mol. The quantitative estimate of drug-likeness (QED) is 0.496. The summed E-state index contributed by atoms with van der Waals surface area (Å²) >= 11 is 2.66. The van der Waals surface area contributed by atoms with Gasteiger partial charge in [0.1, 0.15) is 5.76 Å². The van der Waals surface area contributed by atoms with E-state index in [1.165, 1.54) is 23.1 Å². The fourth-order valence-electron chi connectivity index (χ4n) is 2.12. The lowest BCUT2D eigenvalue weighted by atomic mass is 10.2. The van der Waals surface area contributed by atoms with Gasteiger partial charge >= 0.3 is 0 Å². The topological polar surface area (TPSA) is 109 Å². The molecule has 0 aliphatic heterocycles. The number of nitrogens with one attached hydrogen (secondary N) is 3. The summed E-state index contributed by atoms with van der Waals surface area (Å²) in [6, 6.07) is 10.4. The van der Waals surface area contributed by atoms with Gasteiger partial charge in [-0.3, -0.25) is 9.59 Å². The van der Waals surface area contributed by atoms with Crippen molar-refractivity contribution < 1.29 is 14.0 Å². The van der Waals surface area contributed by atoms with Crippen LogP contribution in [-0.4, -0.2) is 34.8 Å². The SMILES string of the molecule is CNC(=O)c1cccc(NC(=O)CSc2nnc(NCc3ccco3)s2)c1. The molecular formula is C17H17N5O3S2. The molecule has 3 rings (SSSR count). The molecule has 1 aromatic carbocycles. The third kappa shape index (κ3) is 5.56. The molecule has 10 heteroatoms. The zero-order chi connectivity index (χ0) is 19.1. The summed E-state index contributed by atoms with van der Waals surface area (Å²) in [5, 5.41) is 17.2. The molecule has 3 aromatic rings. The van der Waals surface area contributed by atoms with Crippen molar-refractivity contribution in [2.24, 2.45) is 0 Å². The Morgan fingerprint density at radius 3 is 2.89 bits per heavy atom. The van der Waals surface area contributed by atoms with Crippen molar-refractivity contribution in [3.8, 4) is 0 Å². The Labute approximate surface area is 163 Å². The zero-order valence-electron chi connectivity index (χ0n) is 14.4. The van der Waals surface area contributed by atoms with Gasteiger partial charge < -0.3 is 20.4 Å². The third-order valence-corrected chi connectivity index (χ3v) is 5.38. The lowest BCUT2D eigenvalue weighted by Gasteiger charge is -2.06. The van der Waals surface area contributed by atoms with Crippen molar-refractivity contribution in [2.45, 2.75) is 10.9 Å². The second kappa shape index (κ2) is 9.19. The number of anilines is 2. The molecule has 2 aromatic heterocycles. The average molecular weight is 403 g/mol. The fourth-order valence-corrected chi connectivity index (χ4v) is 3.67. The first-order valence-corrected chi connectivity index (χ1v) is 9.79. The van der Waals surface area contributed by atoms with E-state index in [-0.39, 0.29) is 17.6 Å². The molecule has 2 heterocycles. The number of aromatic nitrogens is 2. The number of carbonyl (C=O) groups is 2. The Bertz CT molecular complexity index is 911. The van der Waals surface area contributed by atoms with Gasteiger partial charge in [-0.05, 0) is 30.3 Å². The number of furan rings is 1. The van der Waals surface area contributed by atoms with Gasteiger partial charge in [0.05, 0.1) is 18.6 Å². The number of benzene rings is 1. The minimum Gasteiger partial charge on any atom is -0.467 e. The molecule has 0 saturated heterocycles. The minimum absolute atomic E-state index is 0.186. The first-order valence-electron chi connectivity index (χ1n) is 7.98. The van der Waals surface area contributed by atoms with Crippen LogP contribution in [0, 0.1) is 0 Å². The molecule has 0 aliphatic carbocycles. The van der Waals surface area contributed by atoms with Crippen LogP contribution in [0.1, 0.15) is 16.1 Å². The molecule has 0 aliphatic rings. The van der Waals surface area contributed by atoms with Gasteiger partial charge in [-0.1, -0.05) is 29.2 Å². The molecule has 27 heavy (non-hydrogen) atoms. The molecule has 3 N–H and O–H groups in total. The van der Waals surface area contributed by atoms with Crippen LogP contribution in [0.25, 0.3) is 0 Å². The number of thioether (sulfide) groups is 1. The van der Waals surface area contributed by atoms with Gasteiger partial charge in [0.2, 0.25) is 11.0 Å². The lowest BCUT2D eigenvalue weighted by molar-refractivity contribution is -0.113. The molecule has 0 bridgehead atoms. The van der Waals surface area contributed by atoms with Crippen LogP contribution in [0.5, 0.6) is 0 Å². The van der Waals surface area contributed by atoms with E-state index in [9.17, 15) is 9.59 Å². The van der Waals surface area contributed by atoms with E-state index in [0.717, 1.165) is 5.76 Å². The summed E-state index contributed by atoms with van der Waals surface area (Å²) in [4.78, 5) is 23.8. The summed E-state index contributed by atoms with van der Waals surface area (Å²) in [6.07, 6.45) is 1.61. The molecular weight excluding hydrogens is 386 g/mol. The summed E-state index contributed by atoms with van der Waals surface area (Å²) in [5.74, 6) is 0.604. The van der Waals surface area contributed by atoms with Crippen LogP contribution in [0.4, 0.5) is 10.8 Å². The van der Waals surface area contributed by atoms with Crippen LogP contribution in [0.2, 0.25) is 0 Å². The van der Waals surface area contributed by atoms with Gasteiger partial charge in [-0.15, -0.1) is 10.2 Å². The molecule has 0 saturated carbocycles. The number of hydrogen-bond acceptors (Lipinski definition) is 8. The van der Waals surface area contributed by atoms with Gasteiger partial charge in [-0.2, -0.15) is 0 Å². The summed E-state index contributed by atoms with van der Waals surface area (Å²) < 4.78 is 5.92. The normalized spacial score (nSPS) is 10.4. The lowest BCUT2D eigenvalue weighted by Crippen LogP contribution is -2.18. The molecule has 0 unspecified atom stereocenters. The predicted octanol–water partition coefficient (Wildman–Crippen LogP) is 2.83. The van der Waals surface area contributed by atoms with Crippen LogP contribution in [-0.2, 0) is 11.3 Å². The van der Waals surface area contributed by atoms with Gasteiger partial charge in [0.15, 0.2) is 4.34 Å². The molecule has 0 atom stereocenters. The first-order chi connectivity index (χ1) is 13.1. The Kier molecular flexibility index (Phi) is 6.44.